The zero-order valence-corrected chi connectivity index (χ0v) is 13.3. The molecule has 1 saturated carbocycles. The molecular formula is C17H25N3O2. The van der Waals surface area contributed by atoms with Gasteiger partial charge < -0.3 is 10.1 Å². The molecule has 0 unspecified atom stereocenters. The summed E-state index contributed by atoms with van der Waals surface area (Å²) in [4.78, 5) is 18.5. The molecule has 1 aromatic rings. The number of carbonyl (C=O) groups excluding carboxylic acids is 1. The Kier molecular flexibility index (Phi) is 4.74. The van der Waals surface area contributed by atoms with Crippen molar-refractivity contribution in [3.63, 3.8) is 0 Å². The van der Waals surface area contributed by atoms with E-state index < -0.39 is 0 Å². The summed E-state index contributed by atoms with van der Waals surface area (Å²) in [6.45, 7) is 4.07. The van der Waals surface area contributed by atoms with Crippen LogP contribution in [0.25, 0.3) is 0 Å². The Morgan fingerprint density at radius 1 is 1.36 bits per heavy atom. The highest BCUT2D eigenvalue weighted by molar-refractivity contribution is 5.88. The van der Waals surface area contributed by atoms with Crippen molar-refractivity contribution in [3.05, 3.63) is 29.6 Å². The van der Waals surface area contributed by atoms with E-state index in [0.717, 1.165) is 31.9 Å². The number of methoxy groups -OCH3 is 1. The summed E-state index contributed by atoms with van der Waals surface area (Å²) < 4.78 is 4.72. The lowest BCUT2D eigenvalue weighted by Crippen LogP contribution is -2.61. The van der Waals surface area contributed by atoms with E-state index in [4.69, 9.17) is 4.74 Å². The molecule has 0 bridgehead atoms. The monoisotopic (exact) mass is 303 g/mol. The van der Waals surface area contributed by atoms with Gasteiger partial charge in [-0.25, -0.2) is 4.79 Å². The number of piperazine rings is 1. The first kappa shape index (κ1) is 15.4. The van der Waals surface area contributed by atoms with E-state index in [1.165, 1.54) is 39.2 Å². The summed E-state index contributed by atoms with van der Waals surface area (Å²) in [6.07, 6.45) is 8.19. The summed E-state index contributed by atoms with van der Waals surface area (Å²) in [5.41, 5.74) is 1.84. The highest BCUT2D eigenvalue weighted by atomic mass is 16.5. The number of ether oxygens (including phenoxy) is 1. The van der Waals surface area contributed by atoms with Crippen LogP contribution in [0.4, 0.5) is 0 Å². The van der Waals surface area contributed by atoms with Gasteiger partial charge in [0.15, 0.2) is 0 Å². The lowest BCUT2D eigenvalue weighted by molar-refractivity contribution is 0.0199. The number of rotatable bonds is 3. The van der Waals surface area contributed by atoms with Gasteiger partial charge in [0.2, 0.25) is 0 Å². The minimum Gasteiger partial charge on any atom is -0.465 e. The number of carbonyl (C=O) groups is 1. The molecule has 1 aliphatic heterocycles. The summed E-state index contributed by atoms with van der Waals surface area (Å²) >= 11 is 0. The molecule has 5 nitrogen and oxygen atoms in total. The van der Waals surface area contributed by atoms with Crippen LogP contribution >= 0.6 is 0 Å². The highest BCUT2D eigenvalue weighted by Crippen LogP contribution is 2.35. The van der Waals surface area contributed by atoms with Crippen LogP contribution in [-0.2, 0) is 11.3 Å². The Balaban J connectivity index is 1.71. The van der Waals surface area contributed by atoms with Crippen LogP contribution in [0, 0.1) is 0 Å². The van der Waals surface area contributed by atoms with Gasteiger partial charge in [0.05, 0.1) is 18.4 Å². The van der Waals surface area contributed by atoms with Crippen LogP contribution < -0.4 is 5.32 Å². The van der Waals surface area contributed by atoms with Crippen LogP contribution in [0.2, 0.25) is 0 Å². The van der Waals surface area contributed by atoms with Crippen molar-refractivity contribution < 1.29 is 9.53 Å². The Labute approximate surface area is 132 Å². The van der Waals surface area contributed by atoms with E-state index in [1.54, 1.807) is 6.20 Å². The molecule has 0 amide bonds. The molecule has 0 aromatic carbocycles. The standard InChI is InChI=1S/C17H25N3O2/c1-22-16(21)14-5-6-15(19-11-14)12-20-10-9-18-13-17(20)7-3-2-4-8-17/h5-6,11,18H,2-4,7-10,12-13H2,1H3. The fraction of sp³-hybridized carbons (Fsp3) is 0.647. The van der Waals surface area contributed by atoms with Gasteiger partial charge >= 0.3 is 5.97 Å². The lowest BCUT2D eigenvalue weighted by atomic mass is 9.79. The molecule has 5 heteroatoms. The molecule has 1 aliphatic carbocycles. The molecule has 0 atom stereocenters. The molecule has 0 radical (unpaired) electrons. The SMILES string of the molecule is COC(=O)c1ccc(CN2CCNCC23CCCCC3)nc1. The van der Waals surface area contributed by atoms with Crippen molar-refractivity contribution in [2.45, 2.75) is 44.2 Å². The van der Waals surface area contributed by atoms with E-state index in [1.807, 2.05) is 12.1 Å². The molecule has 3 rings (SSSR count). The maximum atomic E-state index is 11.5. The van der Waals surface area contributed by atoms with E-state index in [2.05, 4.69) is 15.2 Å². The first-order valence-corrected chi connectivity index (χ1v) is 8.23. The molecule has 1 saturated heterocycles. The number of nitrogens with one attached hydrogen (secondary N) is 1. The first-order valence-electron chi connectivity index (χ1n) is 8.23. The summed E-state index contributed by atoms with van der Waals surface area (Å²) in [5, 5.41) is 3.57. The van der Waals surface area contributed by atoms with Crippen LogP contribution in [-0.4, -0.2) is 48.1 Å². The fourth-order valence-electron chi connectivity index (χ4n) is 3.79. The normalized spacial score (nSPS) is 21.7. The van der Waals surface area contributed by atoms with Gasteiger partial charge in [-0.2, -0.15) is 0 Å². The molecule has 2 heterocycles. The Morgan fingerprint density at radius 2 is 2.18 bits per heavy atom. The molecule has 120 valence electrons. The van der Waals surface area contributed by atoms with Gasteiger partial charge in [-0.05, 0) is 25.0 Å². The van der Waals surface area contributed by atoms with Gasteiger partial charge in [0.1, 0.15) is 0 Å². The summed E-state index contributed by atoms with van der Waals surface area (Å²) in [5.74, 6) is -0.329. The number of esters is 1. The van der Waals surface area contributed by atoms with Gasteiger partial charge in [0, 0.05) is 37.9 Å². The zero-order chi connectivity index (χ0) is 15.4. The van der Waals surface area contributed by atoms with E-state index >= 15 is 0 Å². The third-order valence-electron chi connectivity index (χ3n) is 5.07. The quantitative estimate of drug-likeness (QED) is 0.865. The zero-order valence-electron chi connectivity index (χ0n) is 13.3. The minimum absolute atomic E-state index is 0.305. The smallest absolute Gasteiger partial charge is 0.339 e. The predicted molar refractivity (Wildman–Crippen MR) is 84.7 cm³/mol. The molecular weight excluding hydrogens is 278 g/mol. The first-order chi connectivity index (χ1) is 10.7. The molecule has 2 aliphatic rings. The number of hydrogen-bond acceptors (Lipinski definition) is 5. The number of aromatic nitrogens is 1. The van der Waals surface area contributed by atoms with Crippen molar-refractivity contribution in [1.29, 1.82) is 0 Å². The van der Waals surface area contributed by atoms with Crippen molar-refractivity contribution >= 4 is 5.97 Å². The van der Waals surface area contributed by atoms with Crippen molar-refractivity contribution in [2.24, 2.45) is 0 Å². The van der Waals surface area contributed by atoms with Crippen molar-refractivity contribution in [3.8, 4) is 0 Å². The van der Waals surface area contributed by atoms with E-state index in [0.29, 0.717) is 11.1 Å². The summed E-state index contributed by atoms with van der Waals surface area (Å²) in [6, 6.07) is 3.76. The molecule has 1 aromatic heterocycles. The third kappa shape index (κ3) is 3.15. The van der Waals surface area contributed by atoms with Crippen LogP contribution in [0.3, 0.4) is 0 Å². The lowest BCUT2D eigenvalue weighted by Gasteiger charge is -2.49. The summed E-state index contributed by atoms with van der Waals surface area (Å²) in [7, 11) is 1.39. The van der Waals surface area contributed by atoms with Gasteiger partial charge in [0.25, 0.3) is 0 Å². The van der Waals surface area contributed by atoms with E-state index in [-0.39, 0.29) is 5.97 Å². The second kappa shape index (κ2) is 6.75. The molecule has 2 fully saturated rings. The maximum Gasteiger partial charge on any atom is 0.339 e. The van der Waals surface area contributed by atoms with Crippen LogP contribution in [0.1, 0.15) is 48.2 Å². The number of pyridine rings is 1. The highest BCUT2D eigenvalue weighted by Gasteiger charge is 2.39. The van der Waals surface area contributed by atoms with Crippen LogP contribution in [0.5, 0.6) is 0 Å². The molecule has 1 N–H and O–H groups in total. The van der Waals surface area contributed by atoms with E-state index in [9.17, 15) is 4.79 Å². The van der Waals surface area contributed by atoms with Gasteiger partial charge in [-0.3, -0.25) is 9.88 Å². The predicted octanol–water partition coefficient (Wildman–Crippen LogP) is 1.98. The van der Waals surface area contributed by atoms with Gasteiger partial charge in [-0.15, -0.1) is 0 Å². The third-order valence-corrected chi connectivity index (χ3v) is 5.07. The van der Waals surface area contributed by atoms with Crippen molar-refractivity contribution in [2.75, 3.05) is 26.7 Å². The average molecular weight is 303 g/mol. The van der Waals surface area contributed by atoms with Gasteiger partial charge in [-0.1, -0.05) is 19.3 Å². The maximum absolute atomic E-state index is 11.5. The topological polar surface area (TPSA) is 54.5 Å². The largest absolute Gasteiger partial charge is 0.465 e. The molecule has 1 spiro atoms. The second-order valence-corrected chi connectivity index (χ2v) is 6.41. The number of hydrogen-bond donors (Lipinski definition) is 1. The van der Waals surface area contributed by atoms with Crippen LogP contribution in [0.15, 0.2) is 18.3 Å². The minimum atomic E-state index is -0.329. The Bertz CT molecular complexity index is 501. The average Bonchev–Trinajstić information content (AvgIpc) is 2.58. The van der Waals surface area contributed by atoms with Crippen molar-refractivity contribution in [1.82, 2.24) is 15.2 Å². The Hall–Kier alpha value is -1.46. The number of nitrogens with zero attached hydrogens (tertiary/aromatic N) is 2. The molecule has 22 heavy (non-hydrogen) atoms. The fourth-order valence-corrected chi connectivity index (χ4v) is 3.79. The Morgan fingerprint density at radius 3 is 2.86 bits per heavy atom. The second-order valence-electron chi connectivity index (χ2n) is 6.41.